The van der Waals surface area contributed by atoms with Crippen LogP contribution in [-0.4, -0.2) is 27.9 Å². The van der Waals surface area contributed by atoms with Gasteiger partial charge >= 0.3 is 0 Å². The van der Waals surface area contributed by atoms with Gasteiger partial charge in [0.05, 0.1) is 21.3 Å². The van der Waals surface area contributed by atoms with E-state index in [0.717, 1.165) is 24.9 Å². The van der Waals surface area contributed by atoms with Crippen molar-refractivity contribution >= 4 is 0 Å². The predicted octanol–water partition coefficient (Wildman–Crippen LogP) is 3.17. The number of hydrogen-bond donors (Lipinski definition) is 1. The average molecular weight is 291 g/mol. The third-order valence-corrected chi connectivity index (χ3v) is 3.30. The molecule has 0 fully saturated rings. The Morgan fingerprint density at radius 2 is 1.81 bits per heavy atom. The summed E-state index contributed by atoms with van der Waals surface area (Å²) in [4.78, 5) is 0. The van der Waals surface area contributed by atoms with Crippen molar-refractivity contribution in [2.45, 2.75) is 32.7 Å². The zero-order valence-electron chi connectivity index (χ0n) is 13.6. The summed E-state index contributed by atoms with van der Waals surface area (Å²) in [7, 11) is 4.89. The normalized spacial score (nSPS) is 11.3. The van der Waals surface area contributed by atoms with Crippen molar-refractivity contribution in [3.05, 3.63) is 17.7 Å². The second-order valence-corrected chi connectivity index (χ2v) is 4.50. The smallest absolute Gasteiger partial charge is 0.203 e. The van der Waals surface area contributed by atoms with E-state index in [4.69, 9.17) is 14.2 Å². The molecule has 1 rings (SSSR count). The summed E-state index contributed by atoms with van der Waals surface area (Å²) in [5, 5.41) is 3.48. The highest BCUT2D eigenvalue weighted by atomic mass is 16.5. The maximum atomic E-state index is 5.56. The van der Waals surface area contributed by atoms with Crippen LogP contribution in [0, 0.1) is 11.8 Å². The van der Waals surface area contributed by atoms with E-state index < -0.39 is 0 Å². The van der Waals surface area contributed by atoms with Gasteiger partial charge in [-0.2, -0.15) is 0 Å². The summed E-state index contributed by atoms with van der Waals surface area (Å²) in [5.41, 5.74) is 1.06. The van der Waals surface area contributed by atoms with E-state index in [1.807, 2.05) is 19.1 Å². The van der Waals surface area contributed by atoms with Crippen LogP contribution in [0.4, 0.5) is 0 Å². The van der Waals surface area contributed by atoms with E-state index in [1.165, 1.54) is 0 Å². The minimum absolute atomic E-state index is 0.172. The summed E-state index contributed by atoms with van der Waals surface area (Å²) in [6.07, 6.45) is 1.76. The Hall–Kier alpha value is -1.86. The van der Waals surface area contributed by atoms with Gasteiger partial charge in [-0.3, -0.25) is 0 Å². The van der Waals surface area contributed by atoms with Crippen LogP contribution < -0.4 is 19.5 Å². The summed E-state index contributed by atoms with van der Waals surface area (Å²) >= 11 is 0. The van der Waals surface area contributed by atoms with Crippen molar-refractivity contribution in [2.24, 2.45) is 0 Å². The van der Waals surface area contributed by atoms with E-state index in [-0.39, 0.29) is 6.04 Å². The summed E-state index contributed by atoms with van der Waals surface area (Å²) < 4.78 is 16.3. The first kappa shape index (κ1) is 17.2. The summed E-state index contributed by atoms with van der Waals surface area (Å²) in [5.74, 6) is 8.05. The van der Waals surface area contributed by atoms with Crippen molar-refractivity contribution in [3.8, 4) is 29.1 Å². The monoisotopic (exact) mass is 291 g/mol. The molecule has 1 unspecified atom stereocenters. The van der Waals surface area contributed by atoms with Crippen LogP contribution in [0.5, 0.6) is 17.2 Å². The molecule has 0 aliphatic carbocycles. The third kappa shape index (κ3) is 4.30. The third-order valence-electron chi connectivity index (χ3n) is 3.30. The average Bonchev–Trinajstić information content (AvgIpc) is 2.52. The Labute approximate surface area is 127 Å². The van der Waals surface area contributed by atoms with Crippen molar-refractivity contribution in [3.63, 3.8) is 0 Å². The second-order valence-electron chi connectivity index (χ2n) is 4.50. The van der Waals surface area contributed by atoms with Crippen LogP contribution in [0.1, 0.15) is 38.3 Å². The molecule has 1 aromatic rings. The molecule has 0 aliphatic heterocycles. The molecular formula is C17H25NO3. The number of benzene rings is 1. The topological polar surface area (TPSA) is 39.7 Å². The van der Waals surface area contributed by atoms with Crippen LogP contribution in [0.2, 0.25) is 0 Å². The molecule has 1 aromatic carbocycles. The second kappa shape index (κ2) is 9.15. The van der Waals surface area contributed by atoms with Gasteiger partial charge in [-0.05, 0) is 32.0 Å². The Kier molecular flexibility index (Phi) is 7.49. The van der Waals surface area contributed by atoms with Crippen molar-refractivity contribution in [1.82, 2.24) is 5.32 Å². The molecule has 21 heavy (non-hydrogen) atoms. The molecule has 0 radical (unpaired) electrons. The van der Waals surface area contributed by atoms with Crippen LogP contribution >= 0.6 is 0 Å². The lowest BCUT2D eigenvalue weighted by Gasteiger charge is -2.22. The van der Waals surface area contributed by atoms with Crippen LogP contribution in [0.15, 0.2) is 12.1 Å². The summed E-state index contributed by atoms with van der Waals surface area (Å²) in [6.45, 7) is 4.83. The lowest BCUT2D eigenvalue weighted by Crippen LogP contribution is -2.21. The lowest BCUT2D eigenvalue weighted by atomic mass is 10.00. The Bertz CT molecular complexity index is 503. The molecule has 0 bridgehead atoms. The Morgan fingerprint density at radius 1 is 1.10 bits per heavy atom. The number of hydrogen-bond acceptors (Lipinski definition) is 4. The molecule has 0 saturated heterocycles. The fourth-order valence-corrected chi connectivity index (χ4v) is 2.35. The zero-order valence-corrected chi connectivity index (χ0v) is 13.6. The highest BCUT2D eigenvalue weighted by Crippen LogP contribution is 2.42. The first-order valence-corrected chi connectivity index (χ1v) is 7.15. The molecule has 0 spiro atoms. The van der Waals surface area contributed by atoms with Gasteiger partial charge in [0.15, 0.2) is 11.5 Å². The fraction of sp³-hybridized carbons (Fsp3) is 0.529. The minimum atomic E-state index is 0.172. The Morgan fingerprint density at radius 3 is 2.33 bits per heavy atom. The quantitative estimate of drug-likeness (QED) is 0.747. The molecule has 1 atom stereocenters. The lowest BCUT2D eigenvalue weighted by molar-refractivity contribution is 0.318. The molecule has 4 heteroatoms. The van der Waals surface area contributed by atoms with Crippen LogP contribution in [-0.2, 0) is 0 Å². The van der Waals surface area contributed by atoms with E-state index >= 15 is 0 Å². The van der Waals surface area contributed by atoms with Crippen molar-refractivity contribution < 1.29 is 14.2 Å². The molecule has 0 aromatic heterocycles. The van der Waals surface area contributed by atoms with E-state index in [0.29, 0.717) is 17.2 Å². The molecule has 0 aliphatic rings. The molecule has 0 saturated carbocycles. The first-order chi connectivity index (χ1) is 10.2. The molecule has 1 N–H and O–H groups in total. The van der Waals surface area contributed by atoms with Crippen LogP contribution in [0.3, 0.4) is 0 Å². The van der Waals surface area contributed by atoms with Gasteiger partial charge in [0, 0.05) is 18.0 Å². The summed E-state index contributed by atoms with van der Waals surface area (Å²) in [6, 6.07) is 4.10. The van der Waals surface area contributed by atoms with Gasteiger partial charge in [-0.15, -0.1) is 11.8 Å². The highest BCUT2D eigenvalue weighted by Gasteiger charge is 2.21. The molecule has 116 valence electrons. The van der Waals surface area contributed by atoms with E-state index in [2.05, 4.69) is 24.1 Å². The minimum Gasteiger partial charge on any atom is -0.493 e. The number of ether oxygens (including phenoxy) is 3. The van der Waals surface area contributed by atoms with Crippen LogP contribution in [0.25, 0.3) is 0 Å². The number of methoxy groups -OCH3 is 3. The largest absolute Gasteiger partial charge is 0.493 e. The van der Waals surface area contributed by atoms with Gasteiger partial charge < -0.3 is 19.5 Å². The number of nitrogens with one attached hydrogen (secondary N) is 1. The maximum Gasteiger partial charge on any atom is 0.203 e. The van der Waals surface area contributed by atoms with Gasteiger partial charge in [0.2, 0.25) is 5.75 Å². The zero-order chi connectivity index (χ0) is 15.7. The van der Waals surface area contributed by atoms with Crippen molar-refractivity contribution in [1.29, 1.82) is 0 Å². The first-order valence-electron chi connectivity index (χ1n) is 7.15. The maximum absolute atomic E-state index is 5.56. The van der Waals surface area contributed by atoms with E-state index in [9.17, 15) is 0 Å². The molecule has 4 nitrogen and oxygen atoms in total. The standard InChI is InChI=1S/C17H25NO3/c1-6-8-9-10-14(18-7-2)13-11-12-15(19-3)17(21-5)16(13)20-4/h11-12,14,18H,7,9-10H2,1-5H3. The van der Waals surface area contributed by atoms with Gasteiger partial charge in [0.1, 0.15) is 0 Å². The van der Waals surface area contributed by atoms with Gasteiger partial charge in [-0.1, -0.05) is 6.92 Å². The van der Waals surface area contributed by atoms with Gasteiger partial charge in [0.25, 0.3) is 0 Å². The Balaban J connectivity index is 3.18. The van der Waals surface area contributed by atoms with E-state index in [1.54, 1.807) is 21.3 Å². The fourth-order valence-electron chi connectivity index (χ4n) is 2.35. The SMILES string of the molecule is CC#CCCC(NCC)c1ccc(OC)c(OC)c1OC. The van der Waals surface area contributed by atoms with Gasteiger partial charge in [-0.25, -0.2) is 0 Å². The molecule has 0 heterocycles. The molecular weight excluding hydrogens is 266 g/mol. The molecule has 0 amide bonds. The predicted molar refractivity (Wildman–Crippen MR) is 85.2 cm³/mol. The number of rotatable bonds is 8. The highest BCUT2D eigenvalue weighted by molar-refractivity contribution is 5.56. The van der Waals surface area contributed by atoms with Crippen molar-refractivity contribution in [2.75, 3.05) is 27.9 Å².